The van der Waals surface area contributed by atoms with Crippen molar-refractivity contribution in [3.05, 3.63) is 29.8 Å². The van der Waals surface area contributed by atoms with Gasteiger partial charge in [-0.15, -0.1) is 0 Å². The molecule has 2 fully saturated rings. The molecule has 1 saturated heterocycles. The molecule has 1 aromatic carbocycles. The number of ether oxygens (including phenoxy) is 1. The first kappa shape index (κ1) is 20.9. The summed E-state index contributed by atoms with van der Waals surface area (Å²) in [4.78, 5) is 14.7. The number of carbonyl (C=O) groups is 1. The van der Waals surface area contributed by atoms with E-state index < -0.39 is 10.0 Å². The van der Waals surface area contributed by atoms with Gasteiger partial charge in [-0.3, -0.25) is 4.79 Å². The number of benzene rings is 1. The van der Waals surface area contributed by atoms with Crippen molar-refractivity contribution in [3.8, 4) is 5.75 Å². The summed E-state index contributed by atoms with van der Waals surface area (Å²) in [7, 11) is 0.771. The van der Waals surface area contributed by atoms with Crippen LogP contribution in [0.5, 0.6) is 5.75 Å². The summed E-state index contributed by atoms with van der Waals surface area (Å²) < 4.78 is 31.4. The van der Waals surface area contributed by atoms with Crippen molar-refractivity contribution in [2.75, 3.05) is 34.3 Å². The van der Waals surface area contributed by atoms with Crippen molar-refractivity contribution in [2.45, 2.75) is 37.0 Å². The van der Waals surface area contributed by atoms with Crippen LogP contribution >= 0.6 is 0 Å². The predicted molar refractivity (Wildman–Crippen MR) is 110 cm³/mol. The molecule has 2 aliphatic rings. The number of hydrogen-bond acceptors (Lipinski definition) is 4. The molecule has 6 nitrogen and oxygen atoms in total. The lowest BCUT2D eigenvalue weighted by molar-refractivity contribution is -0.128. The number of nitrogens with zero attached hydrogens (tertiary/aromatic N) is 2. The summed E-state index contributed by atoms with van der Waals surface area (Å²) in [6.07, 6.45) is 9.46. The van der Waals surface area contributed by atoms with E-state index >= 15 is 0 Å². The molecule has 7 heteroatoms. The van der Waals surface area contributed by atoms with Crippen molar-refractivity contribution in [2.24, 2.45) is 11.8 Å². The van der Waals surface area contributed by atoms with Gasteiger partial charge in [-0.1, -0.05) is 25.3 Å². The number of hydrogen-bond donors (Lipinski definition) is 0. The van der Waals surface area contributed by atoms with E-state index in [4.69, 9.17) is 4.74 Å². The van der Waals surface area contributed by atoms with Gasteiger partial charge in [0.15, 0.2) is 0 Å². The fraction of sp³-hybridized carbons (Fsp3) is 0.571. The van der Waals surface area contributed by atoms with Crippen LogP contribution in [-0.4, -0.2) is 57.8 Å². The van der Waals surface area contributed by atoms with E-state index in [1.165, 1.54) is 46.9 Å². The summed E-state index contributed by atoms with van der Waals surface area (Å²) in [5.74, 6) is 1.70. The van der Waals surface area contributed by atoms with Crippen molar-refractivity contribution in [1.29, 1.82) is 0 Å². The minimum absolute atomic E-state index is 0.00291. The van der Waals surface area contributed by atoms with Gasteiger partial charge in [0.1, 0.15) is 10.6 Å². The topological polar surface area (TPSA) is 66.9 Å². The zero-order valence-corrected chi connectivity index (χ0v) is 17.7. The third kappa shape index (κ3) is 4.41. The number of methoxy groups -OCH3 is 1. The maximum absolute atomic E-state index is 12.6. The number of rotatable bonds is 5. The third-order valence-corrected chi connectivity index (χ3v) is 7.80. The number of piperidine rings is 1. The van der Waals surface area contributed by atoms with E-state index in [9.17, 15) is 13.2 Å². The summed E-state index contributed by atoms with van der Waals surface area (Å²) in [6.45, 7) is 1.66. The second-order valence-corrected chi connectivity index (χ2v) is 10.0. The first-order valence-electron chi connectivity index (χ1n) is 9.90. The molecule has 0 aromatic heterocycles. The molecule has 0 spiro atoms. The van der Waals surface area contributed by atoms with Gasteiger partial charge in [-0.2, -0.15) is 0 Å². The van der Waals surface area contributed by atoms with Crippen molar-refractivity contribution < 1.29 is 17.9 Å². The van der Waals surface area contributed by atoms with Gasteiger partial charge in [0, 0.05) is 33.3 Å². The molecular weight excluding hydrogens is 376 g/mol. The van der Waals surface area contributed by atoms with Crippen LogP contribution < -0.4 is 4.74 Å². The maximum Gasteiger partial charge on any atom is 0.246 e. The Kier molecular flexibility index (Phi) is 6.45. The van der Waals surface area contributed by atoms with Gasteiger partial charge < -0.3 is 9.64 Å². The van der Waals surface area contributed by atoms with Gasteiger partial charge in [0.25, 0.3) is 0 Å². The maximum atomic E-state index is 12.6. The smallest absolute Gasteiger partial charge is 0.246 e. The lowest BCUT2D eigenvalue weighted by Gasteiger charge is -2.41. The molecule has 1 aliphatic carbocycles. The standard InChI is InChI=1S/C21H30N2O4S/c1-22(2)28(25,26)20-14-16(8-10-19(20)27-3)9-11-21(24)23-13-12-17-6-4-5-7-18(17)15-23/h8-11,14,17-18H,4-7,12-13,15H2,1-3H3/b11-9+/t17-,18-/m1/s1. The number of fused-ring (bicyclic) bond motifs is 1. The molecule has 0 N–H and O–H groups in total. The molecule has 1 aliphatic heterocycles. The Balaban J connectivity index is 1.74. The molecule has 1 amide bonds. The van der Waals surface area contributed by atoms with Crippen LogP contribution in [-0.2, 0) is 14.8 Å². The quantitative estimate of drug-likeness (QED) is 0.705. The van der Waals surface area contributed by atoms with E-state index in [1.807, 2.05) is 4.90 Å². The fourth-order valence-corrected chi connectivity index (χ4v) is 5.35. The first-order valence-corrected chi connectivity index (χ1v) is 11.3. The molecule has 2 atom stereocenters. The lowest BCUT2D eigenvalue weighted by atomic mass is 9.75. The monoisotopic (exact) mass is 406 g/mol. The van der Waals surface area contributed by atoms with Crippen LogP contribution in [0.25, 0.3) is 6.08 Å². The zero-order chi connectivity index (χ0) is 20.3. The molecule has 3 rings (SSSR count). The van der Waals surface area contributed by atoms with Crippen LogP contribution in [0.4, 0.5) is 0 Å². The molecule has 0 bridgehead atoms. The Morgan fingerprint density at radius 2 is 1.89 bits per heavy atom. The predicted octanol–water partition coefficient (Wildman–Crippen LogP) is 3.00. The van der Waals surface area contributed by atoms with Crippen molar-refractivity contribution >= 4 is 22.0 Å². The number of likely N-dealkylation sites (tertiary alicyclic amines) is 1. The zero-order valence-electron chi connectivity index (χ0n) is 16.9. The fourth-order valence-electron chi connectivity index (χ4n) is 4.27. The SMILES string of the molecule is COc1ccc(/C=C/C(=O)N2CC[C@H]3CCCC[C@@H]3C2)cc1S(=O)(=O)N(C)C. The number of sulfonamides is 1. The van der Waals surface area contributed by atoms with Crippen molar-refractivity contribution in [1.82, 2.24) is 9.21 Å². The molecule has 0 unspecified atom stereocenters. The van der Waals surface area contributed by atoms with Gasteiger partial charge in [-0.25, -0.2) is 12.7 Å². The highest BCUT2D eigenvalue weighted by Gasteiger charge is 2.32. The molecule has 0 radical (unpaired) electrons. The van der Waals surface area contributed by atoms with Gasteiger partial charge in [-0.05, 0) is 48.4 Å². The average molecular weight is 407 g/mol. The molecule has 1 heterocycles. The lowest BCUT2D eigenvalue weighted by Crippen LogP contribution is -2.44. The van der Waals surface area contributed by atoms with Crippen LogP contribution in [0.2, 0.25) is 0 Å². The average Bonchev–Trinajstić information content (AvgIpc) is 2.71. The second kappa shape index (κ2) is 8.66. The first-order chi connectivity index (χ1) is 13.3. The minimum Gasteiger partial charge on any atom is -0.495 e. The van der Waals surface area contributed by atoms with E-state index in [0.717, 1.165) is 29.7 Å². The van der Waals surface area contributed by atoms with E-state index in [0.29, 0.717) is 11.5 Å². The Labute approximate surface area is 168 Å². The highest BCUT2D eigenvalue weighted by molar-refractivity contribution is 7.89. The summed E-state index contributed by atoms with van der Waals surface area (Å²) in [6, 6.07) is 4.92. The highest BCUT2D eigenvalue weighted by atomic mass is 32.2. The van der Waals surface area contributed by atoms with Crippen LogP contribution in [0.15, 0.2) is 29.2 Å². The molecular formula is C21H30N2O4S. The Hall–Kier alpha value is -1.86. The summed E-state index contributed by atoms with van der Waals surface area (Å²) in [5.41, 5.74) is 0.655. The van der Waals surface area contributed by atoms with Gasteiger partial charge in [0.2, 0.25) is 15.9 Å². The van der Waals surface area contributed by atoms with E-state index in [-0.39, 0.29) is 16.6 Å². The van der Waals surface area contributed by atoms with Crippen LogP contribution in [0, 0.1) is 11.8 Å². The van der Waals surface area contributed by atoms with Crippen molar-refractivity contribution in [3.63, 3.8) is 0 Å². The minimum atomic E-state index is -3.64. The number of amides is 1. The highest BCUT2D eigenvalue weighted by Crippen LogP contribution is 2.36. The van der Waals surface area contributed by atoms with E-state index in [1.54, 1.807) is 30.4 Å². The Morgan fingerprint density at radius 1 is 1.18 bits per heavy atom. The molecule has 1 saturated carbocycles. The largest absolute Gasteiger partial charge is 0.495 e. The number of carbonyl (C=O) groups excluding carboxylic acids is 1. The Morgan fingerprint density at radius 3 is 2.57 bits per heavy atom. The van der Waals surface area contributed by atoms with Gasteiger partial charge in [0.05, 0.1) is 7.11 Å². The Bertz CT molecular complexity index is 848. The second-order valence-electron chi connectivity index (χ2n) is 7.91. The third-order valence-electron chi connectivity index (χ3n) is 5.97. The van der Waals surface area contributed by atoms with E-state index in [2.05, 4.69) is 0 Å². The van der Waals surface area contributed by atoms with Crippen LogP contribution in [0.1, 0.15) is 37.7 Å². The molecule has 154 valence electrons. The summed E-state index contributed by atoms with van der Waals surface area (Å²) >= 11 is 0. The summed E-state index contributed by atoms with van der Waals surface area (Å²) in [5, 5.41) is 0. The van der Waals surface area contributed by atoms with Gasteiger partial charge >= 0.3 is 0 Å². The molecule has 28 heavy (non-hydrogen) atoms. The molecule has 1 aromatic rings. The van der Waals surface area contributed by atoms with Crippen LogP contribution in [0.3, 0.4) is 0 Å². The normalized spacial score (nSPS) is 23.1.